The molecule has 2 N–H and O–H groups in total. The number of hydrazone groups is 1. The molecule has 136 valence electrons. The molecule has 0 fully saturated rings. The van der Waals surface area contributed by atoms with Crippen LogP contribution in [-0.2, 0) is 9.59 Å². The Kier molecular flexibility index (Phi) is 7.63. The van der Waals surface area contributed by atoms with E-state index in [1.807, 2.05) is 19.1 Å². The lowest BCUT2D eigenvalue weighted by atomic mass is 10.2. The number of anilines is 1. The lowest BCUT2D eigenvalue weighted by molar-refractivity contribution is -0.121. The first-order valence-corrected chi connectivity index (χ1v) is 8.84. The Morgan fingerprint density at radius 2 is 1.69 bits per heavy atom. The van der Waals surface area contributed by atoms with Crippen LogP contribution in [0, 0.1) is 6.92 Å². The van der Waals surface area contributed by atoms with Crippen LogP contribution in [0.2, 0.25) is 10.0 Å². The third kappa shape index (κ3) is 6.17. The Morgan fingerprint density at radius 1 is 1.00 bits per heavy atom. The van der Waals surface area contributed by atoms with Gasteiger partial charge >= 0.3 is 0 Å². The maximum atomic E-state index is 12.0. The molecule has 2 aromatic rings. The zero-order valence-electron chi connectivity index (χ0n) is 14.3. The van der Waals surface area contributed by atoms with E-state index in [-0.39, 0.29) is 24.7 Å². The van der Waals surface area contributed by atoms with Crippen molar-refractivity contribution in [3.05, 3.63) is 63.6 Å². The Morgan fingerprint density at radius 3 is 2.46 bits per heavy atom. The van der Waals surface area contributed by atoms with Gasteiger partial charge in [0.2, 0.25) is 11.8 Å². The first-order chi connectivity index (χ1) is 12.5. The molecule has 7 heteroatoms. The van der Waals surface area contributed by atoms with E-state index in [0.717, 1.165) is 5.56 Å². The minimum absolute atomic E-state index is 0.164. The van der Waals surface area contributed by atoms with Crippen molar-refractivity contribution in [2.45, 2.75) is 26.2 Å². The van der Waals surface area contributed by atoms with E-state index in [1.54, 1.807) is 30.3 Å². The second-order valence-corrected chi connectivity index (χ2v) is 6.44. The molecular weight excluding hydrogens is 373 g/mol. The summed E-state index contributed by atoms with van der Waals surface area (Å²) in [5.74, 6) is -0.428. The molecule has 0 heterocycles. The van der Waals surface area contributed by atoms with Crippen molar-refractivity contribution in [2.75, 3.05) is 5.32 Å². The smallest absolute Gasteiger partial charge is 0.240 e. The average molecular weight is 392 g/mol. The maximum Gasteiger partial charge on any atom is 0.240 e. The van der Waals surface area contributed by atoms with Gasteiger partial charge in [-0.2, -0.15) is 5.10 Å². The van der Waals surface area contributed by atoms with E-state index >= 15 is 0 Å². The molecule has 2 aromatic carbocycles. The van der Waals surface area contributed by atoms with Gasteiger partial charge in [0.15, 0.2) is 0 Å². The number of benzene rings is 2. The summed E-state index contributed by atoms with van der Waals surface area (Å²) in [6.45, 7) is 1.84. The molecule has 0 aromatic heterocycles. The van der Waals surface area contributed by atoms with E-state index in [4.69, 9.17) is 23.2 Å². The van der Waals surface area contributed by atoms with Crippen LogP contribution in [0.15, 0.2) is 47.6 Å². The van der Waals surface area contributed by atoms with Gasteiger partial charge in [-0.1, -0.05) is 47.5 Å². The first-order valence-electron chi connectivity index (χ1n) is 8.09. The molecule has 0 spiro atoms. The highest BCUT2D eigenvalue weighted by molar-refractivity contribution is 6.33. The lowest BCUT2D eigenvalue weighted by Gasteiger charge is -2.09. The van der Waals surface area contributed by atoms with Crippen molar-refractivity contribution in [1.82, 2.24) is 5.43 Å². The number of rotatable bonds is 7. The summed E-state index contributed by atoms with van der Waals surface area (Å²) in [6.07, 6.45) is 2.32. The number of hydrogen-bond acceptors (Lipinski definition) is 3. The normalized spacial score (nSPS) is 10.7. The topological polar surface area (TPSA) is 70.6 Å². The van der Waals surface area contributed by atoms with Gasteiger partial charge in [0, 0.05) is 34.1 Å². The summed E-state index contributed by atoms with van der Waals surface area (Å²) in [5.41, 5.74) is 4.63. The van der Waals surface area contributed by atoms with E-state index in [2.05, 4.69) is 15.8 Å². The lowest BCUT2D eigenvalue weighted by Crippen LogP contribution is -2.18. The summed E-state index contributed by atoms with van der Waals surface area (Å²) in [7, 11) is 0. The SMILES string of the molecule is Cc1c(Cl)cccc1NC(=O)CCCC(=O)N/N=C\c1ccccc1Cl. The summed E-state index contributed by atoms with van der Waals surface area (Å²) in [4.78, 5) is 23.7. The Bertz CT molecular complexity index is 822. The highest BCUT2D eigenvalue weighted by Gasteiger charge is 2.08. The maximum absolute atomic E-state index is 12.0. The van der Waals surface area contributed by atoms with Crippen molar-refractivity contribution < 1.29 is 9.59 Å². The second-order valence-electron chi connectivity index (χ2n) is 5.63. The number of amides is 2. The fourth-order valence-electron chi connectivity index (χ4n) is 2.17. The van der Waals surface area contributed by atoms with Crippen LogP contribution in [0.25, 0.3) is 0 Å². The third-order valence-electron chi connectivity index (χ3n) is 3.65. The summed E-state index contributed by atoms with van der Waals surface area (Å²) < 4.78 is 0. The number of hydrogen-bond donors (Lipinski definition) is 2. The molecular formula is C19H19Cl2N3O2. The van der Waals surface area contributed by atoms with Gasteiger partial charge in [-0.05, 0) is 37.1 Å². The molecule has 2 amide bonds. The number of nitrogens with one attached hydrogen (secondary N) is 2. The van der Waals surface area contributed by atoms with Gasteiger partial charge in [-0.15, -0.1) is 0 Å². The largest absolute Gasteiger partial charge is 0.326 e. The van der Waals surface area contributed by atoms with Gasteiger partial charge in [0.25, 0.3) is 0 Å². The van der Waals surface area contributed by atoms with Crippen molar-refractivity contribution in [3.8, 4) is 0 Å². The van der Waals surface area contributed by atoms with Gasteiger partial charge < -0.3 is 5.32 Å². The fourth-order valence-corrected chi connectivity index (χ4v) is 2.53. The third-order valence-corrected chi connectivity index (χ3v) is 4.40. The van der Waals surface area contributed by atoms with Gasteiger partial charge in [-0.3, -0.25) is 9.59 Å². The summed E-state index contributed by atoms with van der Waals surface area (Å²) >= 11 is 12.0. The number of halogens is 2. The predicted octanol–water partition coefficient (Wildman–Crippen LogP) is 4.56. The molecule has 0 unspecified atom stereocenters. The quantitative estimate of drug-likeness (QED) is 0.536. The molecule has 0 atom stereocenters. The Labute approximate surface area is 162 Å². The van der Waals surface area contributed by atoms with Crippen LogP contribution in [0.5, 0.6) is 0 Å². The van der Waals surface area contributed by atoms with Crippen LogP contribution in [-0.4, -0.2) is 18.0 Å². The Balaban J connectivity index is 1.72. The van der Waals surface area contributed by atoms with Gasteiger partial charge in [-0.25, -0.2) is 5.43 Å². The predicted molar refractivity (Wildman–Crippen MR) is 106 cm³/mol. The number of nitrogens with zero attached hydrogens (tertiary/aromatic N) is 1. The molecule has 0 saturated carbocycles. The van der Waals surface area contributed by atoms with Crippen LogP contribution in [0.4, 0.5) is 5.69 Å². The van der Waals surface area contributed by atoms with E-state index < -0.39 is 0 Å². The zero-order valence-corrected chi connectivity index (χ0v) is 15.8. The van der Waals surface area contributed by atoms with Crippen LogP contribution in [0.1, 0.15) is 30.4 Å². The second kappa shape index (κ2) is 9.94. The minimum Gasteiger partial charge on any atom is -0.326 e. The van der Waals surface area contributed by atoms with Gasteiger partial charge in [0.1, 0.15) is 0 Å². The number of carbonyl (C=O) groups excluding carboxylic acids is 2. The van der Waals surface area contributed by atoms with Crippen molar-refractivity contribution in [3.63, 3.8) is 0 Å². The molecule has 0 radical (unpaired) electrons. The molecule has 0 aliphatic carbocycles. The van der Waals surface area contributed by atoms with E-state index in [0.29, 0.717) is 27.7 Å². The molecule has 5 nitrogen and oxygen atoms in total. The standard InChI is InChI=1S/C19H19Cl2N3O2/c1-13-15(20)8-4-9-17(13)23-18(25)10-5-11-19(26)24-22-12-14-6-2-3-7-16(14)21/h2-4,6-9,12H,5,10-11H2,1H3,(H,23,25)(H,24,26)/b22-12-. The summed E-state index contributed by atoms with van der Waals surface area (Å²) in [6, 6.07) is 12.5. The highest BCUT2D eigenvalue weighted by atomic mass is 35.5. The number of carbonyl (C=O) groups is 2. The molecule has 2 rings (SSSR count). The minimum atomic E-state index is -0.264. The van der Waals surface area contributed by atoms with Gasteiger partial charge in [0.05, 0.1) is 6.21 Å². The Hall–Kier alpha value is -2.37. The van der Waals surface area contributed by atoms with E-state index in [9.17, 15) is 9.59 Å². The van der Waals surface area contributed by atoms with Crippen LogP contribution in [0.3, 0.4) is 0 Å². The summed E-state index contributed by atoms with van der Waals surface area (Å²) in [5, 5.41) is 7.81. The molecule has 0 aliphatic heterocycles. The average Bonchev–Trinajstić information content (AvgIpc) is 2.61. The van der Waals surface area contributed by atoms with E-state index in [1.165, 1.54) is 6.21 Å². The van der Waals surface area contributed by atoms with Crippen molar-refractivity contribution in [2.24, 2.45) is 5.10 Å². The van der Waals surface area contributed by atoms with Crippen molar-refractivity contribution >= 4 is 46.9 Å². The molecule has 0 saturated heterocycles. The van der Waals surface area contributed by atoms with Crippen LogP contribution < -0.4 is 10.7 Å². The molecule has 0 bridgehead atoms. The fraction of sp³-hybridized carbons (Fsp3) is 0.211. The van der Waals surface area contributed by atoms with Crippen LogP contribution >= 0.6 is 23.2 Å². The zero-order chi connectivity index (χ0) is 18.9. The highest BCUT2D eigenvalue weighted by Crippen LogP contribution is 2.23. The molecule has 26 heavy (non-hydrogen) atoms. The molecule has 0 aliphatic rings. The first kappa shape index (κ1) is 19.9. The van der Waals surface area contributed by atoms with Crippen molar-refractivity contribution in [1.29, 1.82) is 0 Å². The monoisotopic (exact) mass is 391 g/mol.